The summed E-state index contributed by atoms with van der Waals surface area (Å²) in [6, 6.07) is 0. The van der Waals surface area contributed by atoms with E-state index in [1.807, 2.05) is 0 Å². The normalized spacial score (nSPS) is 13.4. The predicted molar refractivity (Wildman–Crippen MR) is 58.5 cm³/mol. The van der Waals surface area contributed by atoms with Crippen LogP contribution in [0, 0.1) is 0 Å². The maximum Gasteiger partial charge on any atom is 0.304 e. The summed E-state index contributed by atoms with van der Waals surface area (Å²) in [7, 11) is 0. The highest BCUT2D eigenvalue weighted by molar-refractivity contribution is 5.66. The minimum atomic E-state index is -0.733. The van der Waals surface area contributed by atoms with E-state index in [1.165, 1.54) is 0 Å². The van der Waals surface area contributed by atoms with Gasteiger partial charge in [-0.25, -0.2) is 0 Å². The number of hydrogen-bond acceptors (Lipinski definition) is 2. The lowest BCUT2D eigenvalue weighted by molar-refractivity contribution is -0.138. The van der Waals surface area contributed by atoms with Crippen LogP contribution in [0.4, 0.5) is 0 Å². The summed E-state index contributed by atoms with van der Waals surface area (Å²) >= 11 is 0. The summed E-state index contributed by atoms with van der Waals surface area (Å²) in [5.74, 6) is -0.733. The van der Waals surface area contributed by atoms with E-state index in [-0.39, 0.29) is 17.5 Å². The van der Waals surface area contributed by atoms with Gasteiger partial charge < -0.3 is 5.11 Å². The fourth-order valence-corrected chi connectivity index (χ4v) is 1.88. The molecule has 1 N–H and O–H groups in total. The molecule has 0 aliphatic carbocycles. The molecule has 0 saturated carbocycles. The summed E-state index contributed by atoms with van der Waals surface area (Å²) < 4.78 is 0. The minimum Gasteiger partial charge on any atom is -0.481 e. The van der Waals surface area contributed by atoms with E-state index < -0.39 is 5.97 Å². The second-order valence-corrected chi connectivity index (χ2v) is 5.64. The molecule has 0 aromatic rings. The molecule has 0 heterocycles. The van der Waals surface area contributed by atoms with Gasteiger partial charge in [0.15, 0.2) is 0 Å². The predicted octanol–water partition coefficient (Wildman–Crippen LogP) is 2.36. The summed E-state index contributed by atoms with van der Waals surface area (Å²) in [4.78, 5) is 12.7. The molecule has 3 heteroatoms. The van der Waals surface area contributed by atoms with Crippen LogP contribution in [0.2, 0.25) is 0 Å². The number of rotatable bonds is 3. The standard InChI is InChI=1S/C11H23NO2/c1-10(2,3)12(11(4,5)6)8-7-9(13)14/h7-8H2,1-6H3,(H,13,14). The maximum atomic E-state index is 10.5. The van der Waals surface area contributed by atoms with Crippen molar-refractivity contribution in [1.29, 1.82) is 0 Å². The lowest BCUT2D eigenvalue weighted by atomic mass is 9.96. The molecule has 0 unspecified atom stereocenters. The molecule has 0 spiro atoms. The lowest BCUT2D eigenvalue weighted by Gasteiger charge is -2.45. The van der Waals surface area contributed by atoms with Crippen molar-refractivity contribution < 1.29 is 9.90 Å². The first-order valence-electron chi connectivity index (χ1n) is 5.04. The van der Waals surface area contributed by atoms with Gasteiger partial charge in [-0.3, -0.25) is 9.69 Å². The molecule has 84 valence electrons. The van der Waals surface area contributed by atoms with Gasteiger partial charge in [-0.15, -0.1) is 0 Å². The largest absolute Gasteiger partial charge is 0.481 e. The Kier molecular flexibility index (Phi) is 4.13. The molecule has 0 saturated heterocycles. The highest BCUT2D eigenvalue weighted by atomic mass is 16.4. The van der Waals surface area contributed by atoms with Crippen LogP contribution in [0.3, 0.4) is 0 Å². The van der Waals surface area contributed by atoms with Crippen LogP contribution in [-0.2, 0) is 4.79 Å². The van der Waals surface area contributed by atoms with Gasteiger partial charge in [0.05, 0.1) is 6.42 Å². The van der Waals surface area contributed by atoms with Gasteiger partial charge in [0.1, 0.15) is 0 Å². The Hall–Kier alpha value is -0.570. The fraction of sp³-hybridized carbons (Fsp3) is 0.909. The van der Waals surface area contributed by atoms with Crippen molar-refractivity contribution in [3.8, 4) is 0 Å². The van der Waals surface area contributed by atoms with Gasteiger partial charge in [-0.2, -0.15) is 0 Å². The third-order valence-electron chi connectivity index (χ3n) is 2.17. The van der Waals surface area contributed by atoms with Crippen LogP contribution in [0.15, 0.2) is 0 Å². The van der Waals surface area contributed by atoms with Crippen LogP contribution < -0.4 is 0 Å². The zero-order valence-corrected chi connectivity index (χ0v) is 10.2. The molecule has 0 radical (unpaired) electrons. The topological polar surface area (TPSA) is 40.5 Å². The van der Waals surface area contributed by atoms with Crippen LogP contribution in [0.25, 0.3) is 0 Å². The highest BCUT2D eigenvalue weighted by Crippen LogP contribution is 2.24. The third-order valence-corrected chi connectivity index (χ3v) is 2.17. The number of aliphatic carboxylic acids is 1. The second kappa shape index (κ2) is 4.30. The Labute approximate surface area is 87.1 Å². The van der Waals surface area contributed by atoms with Gasteiger partial charge in [-0.05, 0) is 41.5 Å². The van der Waals surface area contributed by atoms with Gasteiger partial charge >= 0.3 is 5.97 Å². The monoisotopic (exact) mass is 201 g/mol. The smallest absolute Gasteiger partial charge is 0.304 e. The van der Waals surface area contributed by atoms with Crippen molar-refractivity contribution in [1.82, 2.24) is 4.90 Å². The van der Waals surface area contributed by atoms with E-state index in [2.05, 4.69) is 46.4 Å². The van der Waals surface area contributed by atoms with Crippen LogP contribution in [-0.4, -0.2) is 33.6 Å². The summed E-state index contributed by atoms with van der Waals surface area (Å²) in [6.07, 6.45) is 0.203. The second-order valence-electron chi connectivity index (χ2n) is 5.64. The van der Waals surface area contributed by atoms with Gasteiger partial charge in [0, 0.05) is 17.6 Å². The molecule has 0 bridgehead atoms. The van der Waals surface area contributed by atoms with Crippen LogP contribution >= 0.6 is 0 Å². The average Bonchev–Trinajstić information content (AvgIpc) is 1.78. The number of carbonyl (C=O) groups is 1. The fourth-order valence-electron chi connectivity index (χ4n) is 1.88. The first-order valence-corrected chi connectivity index (χ1v) is 5.04. The molecule has 0 atom stereocenters. The van der Waals surface area contributed by atoms with Gasteiger partial charge in [0.2, 0.25) is 0 Å². The van der Waals surface area contributed by atoms with E-state index in [0.29, 0.717) is 6.54 Å². The van der Waals surface area contributed by atoms with Crippen LogP contribution in [0.1, 0.15) is 48.0 Å². The molecule has 14 heavy (non-hydrogen) atoms. The molecule has 0 aromatic heterocycles. The van der Waals surface area contributed by atoms with Crippen molar-refractivity contribution in [2.24, 2.45) is 0 Å². The first kappa shape index (κ1) is 13.4. The molecule has 0 amide bonds. The molecule has 0 aliphatic heterocycles. The Morgan fingerprint density at radius 1 is 1.07 bits per heavy atom. The average molecular weight is 201 g/mol. The van der Waals surface area contributed by atoms with Gasteiger partial charge in [-0.1, -0.05) is 0 Å². The molecule has 0 aliphatic rings. The molecular formula is C11H23NO2. The highest BCUT2D eigenvalue weighted by Gasteiger charge is 2.31. The van der Waals surface area contributed by atoms with Crippen molar-refractivity contribution >= 4 is 5.97 Å². The lowest BCUT2D eigenvalue weighted by Crippen LogP contribution is -2.53. The SMILES string of the molecule is CC(C)(C)N(CCC(=O)O)C(C)(C)C. The molecule has 0 aromatic carbocycles. The summed E-state index contributed by atoms with van der Waals surface area (Å²) in [5, 5.41) is 8.67. The van der Waals surface area contributed by atoms with Crippen molar-refractivity contribution in [2.45, 2.75) is 59.0 Å². The molecule has 0 fully saturated rings. The van der Waals surface area contributed by atoms with E-state index in [0.717, 1.165) is 0 Å². The number of carboxylic acid groups (broad SMARTS) is 1. The Bertz CT molecular complexity index is 184. The van der Waals surface area contributed by atoms with Crippen molar-refractivity contribution in [2.75, 3.05) is 6.54 Å². The van der Waals surface area contributed by atoms with Crippen molar-refractivity contribution in [3.05, 3.63) is 0 Å². The van der Waals surface area contributed by atoms with E-state index in [9.17, 15) is 4.79 Å². The molecule has 3 nitrogen and oxygen atoms in total. The number of nitrogens with zero attached hydrogens (tertiary/aromatic N) is 1. The Morgan fingerprint density at radius 2 is 1.43 bits per heavy atom. The maximum absolute atomic E-state index is 10.5. The number of hydrogen-bond donors (Lipinski definition) is 1. The van der Waals surface area contributed by atoms with E-state index in [4.69, 9.17) is 5.11 Å². The zero-order valence-electron chi connectivity index (χ0n) is 10.2. The minimum absolute atomic E-state index is 0.00764. The van der Waals surface area contributed by atoms with E-state index >= 15 is 0 Å². The molecule has 0 rings (SSSR count). The summed E-state index contributed by atoms with van der Waals surface area (Å²) in [5.41, 5.74) is 0.0153. The quantitative estimate of drug-likeness (QED) is 0.762. The van der Waals surface area contributed by atoms with E-state index in [1.54, 1.807) is 0 Å². The number of carboxylic acids is 1. The third kappa shape index (κ3) is 4.61. The summed E-state index contributed by atoms with van der Waals surface area (Å²) in [6.45, 7) is 13.3. The van der Waals surface area contributed by atoms with Crippen molar-refractivity contribution in [3.63, 3.8) is 0 Å². The molecular weight excluding hydrogens is 178 g/mol. The Balaban J connectivity index is 4.51. The zero-order chi connectivity index (χ0) is 11.6. The Morgan fingerprint density at radius 3 is 1.64 bits per heavy atom. The van der Waals surface area contributed by atoms with Gasteiger partial charge in [0.25, 0.3) is 0 Å². The van der Waals surface area contributed by atoms with Crippen LogP contribution in [0.5, 0.6) is 0 Å². The first-order chi connectivity index (χ1) is 6.05.